The number of carbonyl (C=O) groups is 1. The molecule has 0 aromatic carbocycles. The molecule has 0 aliphatic heterocycles. The molecule has 12 heavy (non-hydrogen) atoms. The van der Waals surface area contributed by atoms with Gasteiger partial charge in [0.25, 0.3) is 0 Å². The number of nitrogens with zero attached hydrogens (tertiary/aromatic N) is 1. The van der Waals surface area contributed by atoms with Crippen LogP contribution in [0, 0.1) is 0 Å². The van der Waals surface area contributed by atoms with Gasteiger partial charge in [-0.2, -0.15) is 0 Å². The lowest BCUT2D eigenvalue weighted by Gasteiger charge is -2.13. The van der Waals surface area contributed by atoms with Crippen molar-refractivity contribution < 1.29 is 4.79 Å². The Hall–Kier alpha value is -1.30. The Kier molecular flexibility index (Phi) is 4.78. The minimum absolute atomic E-state index is 0.0720. The van der Waals surface area contributed by atoms with Crippen LogP contribution >= 0.6 is 0 Å². The SMILES string of the molecule is CN=C(NN)NC(C)CC(N)=O. The Morgan fingerprint density at radius 3 is 2.58 bits per heavy atom. The van der Waals surface area contributed by atoms with Gasteiger partial charge in [-0.25, -0.2) is 5.84 Å². The Morgan fingerprint density at radius 1 is 1.67 bits per heavy atom. The molecule has 0 bridgehead atoms. The summed E-state index contributed by atoms with van der Waals surface area (Å²) in [5.41, 5.74) is 7.32. The van der Waals surface area contributed by atoms with E-state index in [9.17, 15) is 4.79 Å². The van der Waals surface area contributed by atoms with Crippen LogP contribution in [0.25, 0.3) is 0 Å². The third-order valence-corrected chi connectivity index (χ3v) is 1.25. The first kappa shape index (κ1) is 10.7. The van der Waals surface area contributed by atoms with Gasteiger partial charge in [-0.15, -0.1) is 0 Å². The van der Waals surface area contributed by atoms with Crippen molar-refractivity contribution in [1.29, 1.82) is 0 Å². The van der Waals surface area contributed by atoms with Gasteiger partial charge in [-0.3, -0.25) is 15.2 Å². The summed E-state index contributed by atoms with van der Waals surface area (Å²) in [4.78, 5) is 14.2. The van der Waals surface area contributed by atoms with Crippen molar-refractivity contribution >= 4 is 11.9 Å². The molecule has 0 spiro atoms. The molecule has 6 nitrogen and oxygen atoms in total. The fraction of sp³-hybridized carbons (Fsp3) is 0.667. The van der Waals surface area contributed by atoms with E-state index in [0.717, 1.165) is 0 Å². The van der Waals surface area contributed by atoms with Gasteiger partial charge in [0.05, 0.1) is 0 Å². The summed E-state index contributed by atoms with van der Waals surface area (Å²) >= 11 is 0. The van der Waals surface area contributed by atoms with E-state index < -0.39 is 0 Å². The summed E-state index contributed by atoms with van der Waals surface area (Å²) in [5.74, 6) is 5.18. The number of hydrazine groups is 1. The predicted molar refractivity (Wildman–Crippen MR) is 47.1 cm³/mol. The van der Waals surface area contributed by atoms with Crippen LogP contribution in [0.2, 0.25) is 0 Å². The molecular formula is C6H15N5O. The molecule has 6 N–H and O–H groups in total. The Morgan fingerprint density at radius 2 is 2.25 bits per heavy atom. The highest BCUT2D eigenvalue weighted by atomic mass is 16.1. The highest BCUT2D eigenvalue weighted by molar-refractivity contribution is 5.80. The molecule has 0 rings (SSSR count). The zero-order valence-corrected chi connectivity index (χ0v) is 7.29. The molecule has 1 amide bonds. The molecule has 6 heteroatoms. The molecule has 0 aliphatic rings. The Balaban J connectivity index is 3.82. The average molecular weight is 173 g/mol. The molecule has 0 saturated carbocycles. The van der Waals surface area contributed by atoms with E-state index in [0.29, 0.717) is 5.96 Å². The summed E-state index contributed by atoms with van der Waals surface area (Å²) in [6.45, 7) is 1.81. The number of hydrogen-bond donors (Lipinski definition) is 4. The number of primary amides is 1. The first-order valence-corrected chi connectivity index (χ1v) is 3.58. The number of rotatable bonds is 3. The summed E-state index contributed by atoms with van der Waals surface area (Å²) in [6.07, 6.45) is 0.251. The summed E-state index contributed by atoms with van der Waals surface area (Å²) in [7, 11) is 1.58. The number of nitrogens with one attached hydrogen (secondary N) is 2. The highest BCUT2D eigenvalue weighted by Gasteiger charge is 2.06. The van der Waals surface area contributed by atoms with E-state index in [1.807, 2.05) is 6.92 Å². The third-order valence-electron chi connectivity index (χ3n) is 1.25. The predicted octanol–water partition coefficient (Wildman–Crippen LogP) is -1.71. The lowest BCUT2D eigenvalue weighted by molar-refractivity contribution is -0.118. The van der Waals surface area contributed by atoms with Crippen LogP contribution in [0.15, 0.2) is 4.99 Å². The van der Waals surface area contributed by atoms with Crippen LogP contribution in [-0.4, -0.2) is 25.0 Å². The van der Waals surface area contributed by atoms with E-state index in [2.05, 4.69) is 15.7 Å². The van der Waals surface area contributed by atoms with Gasteiger partial charge in [0.15, 0.2) is 0 Å². The topological polar surface area (TPSA) is 106 Å². The van der Waals surface area contributed by atoms with Crippen LogP contribution < -0.4 is 22.3 Å². The van der Waals surface area contributed by atoms with Crippen molar-refractivity contribution in [2.24, 2.45) is 16.6 Å². The number of hydrogen-bond acceptors (Lipinski definition) is 3. The van der Waals surface area contributed by atoms with Gasteiger partial charge < -0.3 is 11.1 Å². The van der Waals surface area contributed by atoms with Gasteiger partial charge in [0.1, 0.15) is 0 Å². The van der Waals surface area contributed by atoms with E-state index in [1.165, 1.54) is 0 Å². The van der Waals surface area contributed by atoms with Gasteiger partial charge in [-0.05, 0) is 6.92 Å². The zero-order chi connectivity index (χ0) is 9.56. The molecule has 0 aliphatic carbocycles. The summed E-state index contributed by atoms with van der Waals surface area (Å²) in [6, 6.07) is -0.0720. The Labute approximate surface area is 71.4 Å². The zero-order valence-electron chi connectivity index (χ0n) is 7.29. The standard InChI is InChI=1S/C6H15N5O/c1-4(3-5(7)12)10-6(9-2)11-8/h4H,3,8H2,1-2H3,(H2,7,12)(H2,9,10,11). The summed E-state index contributed by atoms with van der Waals surface area (Å²) in [5, 5.41) is 2.86. The van der Waals surface area contributed by atoms with Crippen LogP contribution in [0.4, 0.5) is 0 Å². The minimum atomic E-state index is -0.359. The van der Waals surface area contributed by atoms with E-state index in [4.69, 9.17) is 11.6 Å². The van der Waals surface area contributed by atoms with Crippen molar-refractivity contribution in [3.63, 3.8) is 0 Å². The lowest BCUT2D eigenvalue weighted by atomic mass is 10.2. The van der Waals surface area contributed by atoms with Crippen molar-refractivity contribution in [2.45, 2.75) is 19.4 Å². The van der Waals surface area contributed by atoms with Gasteiger partial charge >= 0.3 is 0 Å². The fourth-order valence-corrected chi connectivity index (χ4v) is 0.757. The monoisotopic (exact) mass is 173 g/mol. The first-order valence-electron chi connectivity index (χ1n) is 3.58. The van der Waals surface area contributed by atoms with Crippen LogP contribution in [0.5, 0.6) is 0 Å². The molecule has 0 aromatic rings. The number of aliphatic imine (C=N–C) groups is 1. The number of carbonyl (C=O) groups excluding carboxylic acids is 1. The third kappa shape index (κ3) is 4.51. The molecular weight excluding hydrogens is 158 g/mol. The van der Waals surface area contributed by atoms with Crippen LogP contribution in [-0.2, 0) is 4.79 Å². The first-order chi connectivity index (χ1) is 5.60. The Bertz CT molecular complexity index is 179. The maximum atomic E-state index is 10.5. The van der Waals surface area contributed by atoms with E-state index >= 15 is 0 Å². The average Bonchev–Trinajstić information content (AvgIpc) is 1.98. The van der Waals surface area contributed by atoms with Crippen molar-refractivity contribution in [3.8, 4) is 0 Å². The number of guanidine groups is 1. The molecule has 0 heterocycles. The minimum Gasteiger partial charge on any atom is -0.370 e. The molecule has 0 radical (unpaired) electrons. The molecule has 0 aromatic heterocycles. The smallest absolute Gasteiger partial charge is 0.219 e. The van der Waals surface area contributed by atoms with E-state index in [1.54, 1.807) is 7.05 Å². The lowest BCUT2D eigenvalue weighted by Crippen LogP contribution is -2.46. The van der Waals surface area contributed by atoms with Gasteiger partial charge in [0, 0.05) is 19.5 Å². The van der Waals surface area contributed by atoms with Crippen LogP contribution in [0.3, 0.4) is 0 Å². The maximum absolute atomic E-state index is 10.5. The van der Waals surface area contributed by atoms with Crippen LogP contribution in [0.1, 0.15) is 13.3 Å². The normalized spacial score (nSPS) is 13.8. The van der Waals surface area contributed by atoms with Crippen molar-refractivity contribution in [1.82, 2.24) is 10.7 Å². The van der Waals surface area contributed by atoms with Gasteiger partial charge in [-0.1, -0.05) is 0 Å². The van der Waals surface area contributed by atoms with E-state index in [-0.39, 0.29) is 18.4 Å². The quantitative estimate of drug-likeness (QED) is 0.176. The molecule has 1 unspecified atom stereocenters. The summed E-state index contributed by atoms with van der Waals surface area (Å²) < 4.78 is 0. The van der Waals surface area contributed by atoms with Crippen molar-refractivity contribution in [2.75, 3.05) is 7.05 Å². The second-order valence-electron chi connectivity index (χ2n) is 2.43. The molecule has 0 saturated heterocycles. The second-order valence-corrected chi connectivity index (χ2v) is 2.43. The highest BCUT2D eigenvalue weighted by Crippen LogP contribution is 1.87. The van der Waals surface area contributed by atoms with Crippen molar-refractivity contribution in [3.05, 3.63) is 0 Å². The number of amides is 1. The second kappa shape index (κ2) is 5.36. The fourth-order valence-electron chi connectivity index (χ4n) is 0.757. The largest absolute Gasteiger partial charge is 0.370 e. The molecule has 70 valence electrons. The maximum Gasteiger partial charge on any atom is 0.219 e. The number of nitrogens with two attached hydrogens (primary N) is 2. The molecule has 0 fully saturated rings. The molecule has 1 atom stereocenters. The van der Waals surface area contributed by atoms with Gasteiger partial charge in [0.2, 0.25) is 11.9 Å².